The molecule has 0 heterocycles. The lowest BCUT2D eigenvalue weighted by atomic mass is 10.1. The van der Waals surface area contributed by atoms with Crippen LogP contribution >= 0.6 is 0 Å². The van der Waals surface area contributed by atoms with Gasteiger partial charge in [0.1, 0.15) is 22.9 Å². The number of rotatable bonds is 6. The van der Waals surface area contributed by atoms with Crippen LogP contribution in [0.25, 0.3) is 0 Å². The van der Waals surface area contributed by atoms with Gasteiger partial charge in [-0.2, -0.15) is 8.78 Å². The summed E-state index contributed by atoms with van der Waals surface area (Å²) in [6, 6.07) is 7.30. The van der Waals surface area contributed by atoms with Gasteiger partial charge in [-0.3, -0.25) is 4.79 Å². The standard InChI is InChI=1S/C16H13F4NO3/c17-12-7-11(24-16(19)20)8-13(18)14(12)15(23)21-10-3-1-9(2-4-10)5-6-22/h1-4,7-8,16,22H,5-6H2,(H,21,23). The molecule has 0 unspecified atom stereocenters. The Morgan fingerprint density at radius 2 is 1.71 bits per heavy atom. The summed E-state index contributed by atoms with van der Waals surface area (Å²) < 4.78 is 55.7. The van der Waals surface area contributed by atoms with Crippen molar-refractivity contribution in [3.05, 3.63) is 59.2 Å². The van der Waals surface area contributed by atoms with E-state index in [9.17, 15) is 22.4 Å². The second-order valence-corrected chi connectivity index (χ2v) is 4.77. The molecule has 0 radical (unpaired) electrons. The fraction of sp³-hybridized carbons (Fsp3) is 0.188. The molecule has 1 amide bonds. The molecule has 2 rings (SSSR count). The van der Waals surface area contributed by atoms with Gasteiger partial charge >= 0.3 is 6.61 Å². The van der Waals surface area contributed by atoms with Crippen molar-refractivity contribution in [2.75, 3.05) is 11.9 Å². The highest BCUT2D eigenvalue weighted by atomic mass is 19.3. The topological polar surface area (TPSA) is 58.6 Å². The first-order valence-electron chi connectivity index (χ1n) is 6.85. The van der Waals surface area contributed by atoms with E-state index in [0.29, 0.717) is 18.6 Å². The molecular weight excluding hydrogens is 330 g/mol. The number of ether oxygens (including phenoxy) is 1. The van der Waals surface area contributed by atoms with E-state index in [0.717, 1.165) is 5.56 Å². The number of carbonyl (C=O) groups excluding carboxylic acids is 1. The lowest BCUT2D eigenvalue weighted by Crippen LogP contribution is -2.16. The van der Waals surface area contributed by atoms with Crippen molar-refractivity contribution in [1.82, 2.24) is 0 Å². The quantitative estimate of drug-likeness (QED) is 0.791. The minimum absolute atomic E-state index is 0.0326. The Kier molecular flexibility index (Phi) is 5.75. The highest BCUT2D eigenvalue weighted by molar-refractivity contribution is 6.04. The van der Waals surface area contributed by atoms with Crippen molar-refractivity contribution in [1.29, 1.82) is 0 Å². The lowest BCUT2D eigenvalue weighted by Gasteiger charge is -2.10. The molecule has 0 aliphatic carbocycles. The molecular formula is C16H13F4NO3. The zero-order valence-corrected chi connectivity index (χ0v) is 12.2. The molecule has 0 aliphatic heterocycles. The van der Waals surface area contributed by atoms with Gasteiger partial charge in [-0.15, -0.1) is 0 Å². The van der Waals surface area contributed by atoms with Gasteiger partial charge in [0.05, 0.1) is 0 Å². The normalized spacial score (nSPS) is 10.8. The number of amides is 1. The first-order chi connectivity index (χ1) is 11.4. The summed E-state index contributed by atoms with van der Waals surface area (Å²) in [6.07, 6.45) is 0.434. The summed E-state index contributed by atoms with van der Waals surface area (Å²) in [5.74, 6) is -4.42. The lowest BCUT2D eigenvalue weighted by molar-refractivity contribution is -0.0501. The number of hydrogen-bond donors (Lipinski definition) is 2. The molecule has 0 aliphatic rings. The Labute approximate surface area is 134 Å². The molecule has 8 heteroatoms. The van der Waals surface area contributed by atoms with E-state index in [-0.39, 0.29) is 12.3 Å². The number of nitrogens with one attached hydrogen (secondary N) is 1. The van der Waals surface area contributed by atoms with Crippen molar-refractivity contribution in [3.63, 3.8) is 0 Å². The maximum atomic E-state index is 13.8. The van der Waals surface area contributed by atoms with Crippen molar-refractivity contribution >= 4 is 11.6 Å². The summed E-state index contributed by atoms with van der Waals surface area (Å²) in [5, 5.41) is 11.1. The van der Waals surface area contributed by atoms with E-state index >= 15 is 0 Å². The molecule has 2 aromatic carbocycles. The summed E-state index contributed by atoms with van der Waals surface area (Å²) in [4.78, 5) is 12.0. The van der Waals surface area contributed by atoms with E-state index in [1.165, 1.54) is 12.1 Å². The Bertz CT molecular complexity index is 697. The van der Waals surface area contributed by atoms with Crippen LogP contribution in [0.1, 0.15) is 15.9 Å². The van der Waals surface area contributed by atoms with E-state index < -0.39 is 35.5 Å². The number of carbonyl (C=O) groups is 1. The average molecular weight is 343 g/mol. The Hall–Kier alpha value is -2.61. The van der Waals surface area contributed by atoms with E-state index in [1.54, 1.807) is 12.1 Å². The maximum absolute atomic E-state index is 13.8. The number of hydrogen-bond acceptors (Lipinski definition) is 3. The van der Waals surface area contributed by atoms with Gasteiger partial charge in [-0.1, -0.05) is 12.1 Å². The van der Waals surface area contributed by atoms with Crippen molar-refractivity contribution in [3.8, 4) is 5.75 Å². The molecule has 0 bridgehead atoms. The molecule has 0 saturated heterocycles. The number of halogens is 4. The van der Waals surface area contributed by atoms with Crippen LogP contribution in [0, 0.1) is 11.6 Å². The molecule has 0 spiro atoms. The number of aliphatic hydroxyl groups excluding tert-OH is 1. The summed E-state index contributed by atoms with van der Waals surface area (Å²) in [6.45, 7) is -3.27. The van der Waals surface area contributed by atoms with Crippen molar-refractivity contribution in [2.24, 2.45) is 0 Å². The van der Waals surface area contributed by atoms with Gasteiger partial charge in [0.2, 0.25) is 0 Å². The minimum atomic E-state index is -3.24. The van der Waals surface area contributed by atoms with Crippen LogP contribution in [0.2, 0.25) is 0 Å². The molecule has 2 aromatic rings. The zero-order valence-electron chi connectivity index (χ0n) is 12.2. The summed E-state index contributed by atoms with van der Waals surface area (Å²) in [5.41, 5.74) is 0.200. The maximum Gasteiger partial charge on any atom is 0.387 e. The summed E-state index contributed by atoms with van der Waals surface area (Å²) >= 11 is 0. The Balaban J connectivity index is 2.17. The van der Waals surface area contributed by atoms with Crippen molar-refractivity contribution in [2.45, 2.75) is 13.0 Å². The van der Waals surface area contributed by atoms with Crippen LogP contribution in [0.15, 0.2) is 36.4 Å². The minimum Gasteiger partial charge on any atom is -0.435 e. The van der Waals surface area contributed by atoms with E-state index in [4.69, 9.17) is 5.11 Å². The highest BCUT2D eigenvalue weighted by Crippen LogP contribution is 2.23. The van der Waals surface area contributed by atoms with Crippen molar-refractivity contribution < 1.29 is 32.2 Å². The Morgan fingerprint density at radius 3 is 2.21 bits per heavy atom. The third-order valence-electron chi connectivity index (χ3n) is 3.08. The first-order valence-corrected chi connectivity index (χ1v) is 6.85. The summed E-state index contributed by atoms with van der Waals surface area (Å²) in [7, 11) is 0. The van der Waals surface area contributed by atoms with Crippen LogP contribution in [-0.2, 0) is 6.42 Å². The van der Waals surface area contributed by atoms with Gasteiger partial charge in [0.15, 0.2) is 0 Å². The molecule has 128 valence electrons. The SMILES string of the molecule is O=C(Nc1ccc(CCO)cc1)c1c(F)cc(OC(F)F)cc1F. The second-order valence-electron chi connectivity index (χ2n) is 4.77. The monoisotopic (exact) mass is 343 g/mol. The van der Waals surface area contributed by atoms with Gasteiger partial charge < -0.3 is 15.2 Å². The first kappa shape index (κ1) is 17.7. The third-order valence-corrected chi connectivity index (χ3v) is 3.08. The van der Waals surface area contributed by atoms with Crippen LogP contribution in [0.3, 0.4) is 0 Å². The predicted octanol–water partition coefficient (Wildman–Crippen LogP) is 3.35. The number of benzene rings is 2. The molecule has 0 aromatic heterocycles. The number of anilines is 1. The Morgan fingerprint density at radius 1 is 1.12 bits per heavy atom. The highest BCUT2D eigenvalue weighted by Gasteiger charge is 2.20. The van der Waals surface area contributed by atoms with Crippen LogP contribution in [0.5, 0.6) is 5.75 Å². The molecule has 0 fully saturated rings. The van der Waals surface area contributed by atoms with Gasteiger partial charge in [0.25, 0.3) is 5.91 Å². The van der Waals surface area contributed by atoms with Gasteiger partial charge in [-0.25, -0.2) is 8.78 Å². The number of aliphatic hydroxyl groups is 1. The average Bonchev–Trinajstić information content (AvgIpc) is 2.48. The molecule has 0 saturated carbocycles. The van der Waals surface area contributed by atoms with E-state index in [1.807, 2.05) is 0 Å². The second kappa shape index (κ2) is 7.78. The largest absolute Gasteiger partial charge is 0.435 e. The fourth-order valence-electron chi connectivity index (χ4n) is 2.02. The predicted molar refractivity (Wildman–Crippen MR) is 78.2 cm³/mol. The van der Waals surface area contributed by atoms with E-state index in [2.05, 4.69) is 10.1 Å². The van der Waals surface area contributed by atoms with Gasteiger partial charge in [0, 0.05) is 24.4 Å². The zero-order chi connectivity index (χ0) is 17.7. The molecule has 24 heavy (non-hydrogen) atoms. The molecule has 0 atom stereocenters. The van der Waals surface area contributed by atoms with Gasteiger partial charge in [-0.05, 0) is 24.1 Å². The third kappa shape index (κ3) is 4.45. The molecule has 2 N–H and O–H groups in total. The van der Waals surface area contributed by atoms with Crippen LogP contribution in [-0.4, -0.2) is 24.2 Å². The van der Waals surface area contributed by atoms with Crippen LogP contribution < -0.4 is 10.1 Å². The molecule has 4 nitrogen and oxygen atoms in total. The van der Waals surface area contributed by atoms with Crippen LogP contribution in [0.4, 0.5) is 23.2 Å². The number of alkyl halides is 2. The smallest absolute Gasteiger partial charge is 0.387 e. The fourth-order valence-corrected chi connectivity index (χ4v) is 2.02.